The van der Waals surface area contributed by atoms with Gasteiger partial charge in [0.15, 0.2) is 44.7 Å². The number of nitrogens with zero attached hydrogens (tertiary/aromatic N) is 12. The van der Waals surface area contributed by atoms with Crippen LogP contribution in [-0.2, 0) is 68.9 Å². The highest BCUT2D eigenvalue weighted by Crippen LogP contribution is 2.55. The Kier molecular flexibility index (Phi) is 16.5. The van der Waals surface area contributed by atoms with Crippen molar-refractivity contribution in [3.05, 3.63) is 66.7 Å². The van der Waals surface area contributed by atoms with Gasteiger partial charge in [-0.1, -0.05) is 0 Å². The molecule has 4 saturated heterocycles. The summed E-state index contributed by atoms with van der Waals surface area (Å²) >= 11 is 0. The van der Waals surface area contributed by atoms with Crippen molar-refractivity contribution in [3.63, 3.8) is 0 Å². The maximum absolute atomic E-state index is 14.7. The largest absolute Gasteiger partial charge is 0.469 e. The van der Waals surface area contributed by atoms with Crippen molar-refractivity contribution < 1.29 is 83.8 Å². The number of hydrogen-bond donors (Lipinski definition) is 11. The highest BCUT2D eigenvalue weighted by atomic mass is 31.2. The molecule has 0 radical (unpaired) electrons. The second-order valence-corrected chi connectivity index (χ2v) is 28.3. The first-order valence-corrected chi connectivity index (χ1v) is 34.1. The first-order valence-electron chi connectivity index (χ1n) is 26.6. The van der Waals surface area contributed by atoms with E-state index < -0.39 is 153 Å². The Labute approximate surface area is 495 Å². The highest BCUT2D eigenvalue weighted by Gasteiger charge is 2.48. The van der Waals surface area contributed by atoms with Gasteiger partial charge in [0.2, 0.25) is 23.8 Å². The smallest absolute Gasteiger partial charge is 0.390 e. The summed E-state index contributed by atoms with van der Waals surface area (Å²) < 4.78 is 126. The van der Waals surface area contributed by atoms with Crippen LogP contribution in [0, 0.1) is 0 Å². The number of nitrogen functional groups attached to an aromatic ring is 4. The van der Waals surface area contributed by atoms with E-state index in [1.807, 2.05) is 0 Å². The molecule has 15 unspecified atom stereocenters. The van der Waals surface area contributed by atoms with E-state index >= 15 is 0 Å². The fraction of sp³-hybridized carbons (Fsp3) is 0.535. The molecule has 0 aromatic carbocycles. The normalized spacial score (nSPS) is 27.9. The third-order valence-corrected chi connectivity index (χ3v) is 18.9. The molecule has 8 aromatic rings. The van der Waals surface area contributed by atoms with E-state index in [0.29, 0.717) is 0 Å². The summed E-state index contributed by atoms with van der Waals surface area (Å²) in [6, 6.07) is 0. The number of ether oxygens (including phenoxy) is 4. The molecule has 0 bridgehead atoms. The number of phosphoric ester groups is 1. The fourth-order valence-corrected chi connectivity index (χ4v) is 14.6. The molecule has 480 valence electrons. The molecule has 15 atom stereocenters. The van der Waals surface area contributed by atoms with Crippen LogP contribution in [0.1, 0.15) is 50.6 Å². The highest BCUT2D eigenvalue weighted by molar-refractivity contribution is 7.53. The van der Waals surface area contributed by atoms with Crippen LogP contribution in [0.15, 0.2) is 44.5 Å². The fourth-order valence-electron chi connectivity index (χ4n) is 10.7. The molecule has 46 heteroatoms. The molecule has 8 aromatic heterocycles. The van der Waals surface area contributed by atoms with Crippen molar-refractivity contribution in [1.82, 2.24) is 78.1 Å². The summed E-state index contributed by atoms with van der Waals surface area (Å²) in [4.78, 5) is 112. The molecule has 12 rings (SSSR count). The average molecular weight is 1330 g/mol. The van der Waals surface area contributed by atoms with Crippen molar-refractivity contribution in [2.24, 2.45) is 0 Å². The van der Waals surface area contributed by atoms with Gasteiger partial charge in [0.25, 0.3) is 22.2 Å². The molecule has 89 heavy (non-hydrogen) atoms. The van der Waals surface area contributed by atoms with Crippen LogP contribution < -0.4 is 45.2 Å². The van der Waals surface area contributed by atoms with Crippen LogP contribution in [0.4, 0.5) is 23.8 Å². The van der Waals surface area contributed by atoms with E-state index in [1.165, 1.54) is 43.6 Å². The van der Waals surface area contributed by atoms with Crippen LogP contribution in [0.3, 0.4) is 0 Å². The van der Waals surface area contributed by atoms with Crippen LogP contribution in [0.2, 0.25) is 0 Å². The number of imidazole rings is 4. The number of rotatable bonds is 22. The van der Waals surface area contributed by atoms with Gasteiger partial charge in [0.05, 0.1) is 76.2 Å². The van der Waals surface area contributed by atoms with E-state index in [0.717, 1.165) is 20.0 Å². The monoisotopic (exact) mass is 1330 g/mol. The second kappa shape index (κ2) is 23.6. The SMILES string of the molecule is CP(=O)(OCC1OC(n2cnc3c(=O)[nH]c(N)nc32)CC1OP(C)(=O)OCC1OC(n2cnc3c(=O)[nH]c(N)nc32)CC1OP(C)(=O)OCC1OC(n2cnc3c(=O)[nH]c(N)nc32)CC1O)OC1CC(n2cnc3c(=O)[nH]c(N)nc32)OC1COP(=O)(O)O. The standard InChI is InChI=1S/C43H56N20O22P4/c1-86(69,75-8-20-16(64)4-24(79-20)60-12-48-28-32(60)52-40(44)56-36(28)65)83-17-5-25(61-13-49-29-33(61)53-41(45)57-37(29)66)80-21(17)9-76-87(2,70)84-18-6-26(62-14-50-30-34(62)54-42(46)58-38(30)67)81-22(18)10-77-88(3,71)85-19-7-27(82-23(19)11-78-89(72,73)74)63-15-51-31-35(63)55-43(47)59-39(31)68/h12-27,64H,4-11H2,1-3H3,(H2,72,73,74)(H3,44,52,56,65)(H3,45,53,57,66)(H3,46,54,58,67)(H3,47,55,59,68). The number of fused-ring (bicyclic) bond motifs is 4. The lowest BCUT2D eigenvalue weighted by atomic mass is 10.2. The molecule has 42 nitrogen and oxygen atoms in total. The lowest BCUT2D eigenvalue weighted by Crippen LogP contribution is -2.31. The number of aliphatic hydroxyl groups excluding tert-OH is 1. The number of nitrogens with two attached hydrogens (primary N) is 4. The molecular weight excluding hydrogens is 1270 g/mol. The quantitative estimate of drug-likeness (QED) is 0.0368. The summed E-state index contributed by atoms with van der Waals surface area (Å²) in [5.74, 6) is -0.931. The van der Waals surface area contributed by atoms with Crippen LogP contribution in [-0.4, -0.2) is 188 Å². The van der Waals surface area contributed by atoms with E-state index in [4.69, 9.17) is 73.5 Å². The van der Waals surface area contributed by atoms with Crippen LogP contribution in [0.25, 0.3) is 44.7 Å². The van der Waals surface area contributed by atoms with Crippen molar-refractivity contribution in [2.45, 2.75) is 99.4 Å². The second-order valence-electron chi connectivity index (χ2n) is 21.0. The molecule has 4 fully saturated rings. The maximum Gasteiger partial charge on any atom is 0.469 e. The van der Waals surface area contributed by atoms with Gasteiger partial charge in [0, 0.05) is 45.7 Å². The van der Waals surface area contributed by atoms with E-state index in [2.05, 4.69) is 59.8 Å². The zero-order valence-corrected chi connectivity index (χ0v) is 50.0. The number of aromatic nitrogens is 16. The first kappa shape index (κ1) is 62.2. The molecule has 4 aliphatic rings. The summed E-state index contributed by atoms with van der Waals surface area (Å²) in [7, 11) is -18.0. The minimum atomic E-state index is -5.10. The Morgan fingerprint density at radius 3 is 1.01 bits per heavy atom. The molecule has 0 saturated carbocycles. The van der Waals surface area contributed by atoms with Crippen molar-refractivity contribution >= 4 is 99.1 Å². The molecule has 12 heterocycles. The first-order chi connectivity index (χ1) is 42.0. The summed E-state index contributed by atoms with van der Waals surface area (Å²) in [6.07, 6.45) is -9.68. The lowest BCUT2D eigenvalue weighted by molar-refractivity contribution is -0.0531. The van der Waals surface area contributed by atoms with Crippen molar-refractivity contribution in [3.8, 4) is 0 Å². The molecule has 15 N–H and O–H groups in total. The Balaban J connectivity index is 0.759. The van der Waals surface area contributed by atoms with Gasteiger partial charge >= 0.3 is 30.6 Å². The molecule has 0 spiro atoms. The van der Waals surface area contributed by atoms with Crippen molar-refractivity contribution in [1.29, 1.82) is 0 Å². The number of anilines is 4. The Bertz CT molecular complexity index is 4490. The molecule has 0 amide bonds. The number of H-pyrrole nitrogens is 4. The third kappa shape index (κ3) is 13.1. The minimum Gasteiger partial charge on any atom is -0.390 e. The van der Waals surface area contributed by atoms with Gasteiger partial charge in [0.1, 0.15) is 49.3 Å². The predicted octanol–water partition coefficient (Wildman–Crippen LogP) is -0.858. The molecule has 4 aliphatic heterocycles. The van der Waals surface area contributed by atoms with Crippen molar-refractivity contribution in [2.75, 3.05) is 69.4 Å². The Morgan fingerprint density at radius 1 is 0.461 bits per heavy atom. The van der Waals surface area contributed by atoms with Gasteiger partial charge in [-0.2, -0.15) is 19.9 Å². The van der Waals surface area contributed by atoms with Gasteiger partial charge in [-0.05, 0) is 0 Å². The van der Waals surface area contributed by atoms with Gasteiger partial charge in [-0.3, -0.25) is 75.6 Å². The molecular formula is C43H56N20O22P4. The zero-order valence-electron chi connectivity index (χ0n) is 46.5. The van der Waals surface area contributed by atoms with E-state index in [-0.39, 0.29) is 94.1 Å². The van der Waals surface area contributed by atoms with Crippen LogP contribution >= 0.6 is 30.6 Å². The van der Waals surface area contributed by atoms with Gasteiger partial charge < -0.3 is 83.9 Å². The summed E-state index contributed by atoms with van der Waals surface area (Å²) in [6.45, 7) is 0.867. The summed E-state index contributed by atoms with van der Waals surface area (Å²) in [5.41, 5.74) is 20.4. The lowest BCUT2D eigenvalue weighted by Gasteiger charge is -2.27. The zero-order chi connectivity index (χ0) is 63.2. The number of aliphatic hydroxyl groups is 1. The van der Waals surface area contributed by atoms with Gasteiger partial charge in [-0.15, -0.1) is 0 Å². The summed E-state index contributed by atoms with van der Waals surface area (Å²) in [5, 5.41) is 11.0. The number of nitrogens with one attached hydrogen (secondary N) is 4. The number of aromatic amines is 4. The topological polar surface area (TPSA) is 589 Å². The van der Waals surface area contributed by atoms with E-state index in [1.54, 1.807) is 0 Å². The Hall–Kier alpha value is -7.04. The Morgan fingerprint density at radius 2 is 0.719 bits per heavy atom. The average Bonchev–Trinajstić information content (AvgIpc) is 2.31. The maximum atomic E-state index is 14.7. The van der Waals surface area contributed by atoms with Crippen LogP contribution in [0.5, 0.6) is 0 Å². The predicted molar refractivity (Wildman–Crippen MR) is 301 cm³/mol. The number of hydrogen-bond acceptors (Lipinski definition) is 32. The minimum absolute atomic E-state index is 0.00593. The van der Waals surface area contributed by atoms with Gasteiger partial charge in [-0.25, -0.2) is 24.5 Å². The van der Waals surface area contributed by atoms with E-state index in [9.17, 15) is 52.3 Å². The molecule has 0 aliphatic carbocycles. The number of phosphoric acid groups is 1. The third-order valence-electron chi connectivity index (χ3n) is 14.6.